The van der Waals surface area contributed by atoms with Crippen LogP contribution >= 0.6 is 0 Å². The molecular weight excluding hydrogens is 488 g/mol. The summed E-state index contributed by atoms with van der Waals surface area (Å²) in [5.41, 5.74) is 5.35. The number of oxime groups is 1. The Hall–Kier alpha value is -4.18. The molecular formula is C28H32N4O6. The van der Waals surface area contributed by atoms with E-state index in [-0.39, 0.29) is 6.42 Å². The number of hydroxylamine groups is 1. The SMILES string of the molecule is Cc1cc(COc2ccc(C3=NOC(CC(NC(=O)OC(C)(C)C)C(=O)NO)C3)cc2)c2ccccc2n1. The summed E-state index contributed by atoms with van der Waals surface area (Å²) in [6, 6.07) is 16.5. The molecule has 0 fully saturated rings. The normalized spacial score (nSPS) is 15.8. The van der Waals surface area contributed by atoms with Crippen LogP contribution in [0.4, 0.5) is 4.79 Å². The Bertz CT molecular complexity index is 1330. The van der Waals surface area contributed by atoms with Crippen LogP contribution in [0.1, 0.15) is 50.4 Å². The number of hydrogen-bond donors (Lipinski definition) is 3. The van der Waals surface area contributed by atoms with E-state index in [0.29, 0.717) is 24.5 Å². The van der Waals surface area contributed by atoms with Crippen molar-refractivity contribution < 1.29 is 29.1 Å². The van der Waals surface area contributed by atoms with Crippen LogP contribution in [0.2, 0.25) is 0 Å². The van der Waals surface area contributed by atoms with Gasteiger partial charge in [-0.25, -0.2) is 10.3 Å². The van der Waals surface area contributed by atoms with Crippen LogP contribution in [0.5, 0.6) is 5.75 Å². The lowest BCUT2D eigenvalue weighted by atomic mass is 10.0. The van der Waals surface area contributed by atoms with Gasteiger partial charge in [-0.15, -0.1) is 0 Å². The highest BCUT2D eigenvalue weighted by atomic mass is 16.6. The maximum atomic E-state index is 12.1. The molecule has 10 nitrogen and oxygen atoms in total. The smallest absolute Gasteiger partial charge is 0.408 e. The highest BCUT2D eigenvalue weighted by Crippen LogP contribution is 2.24. The molecule has 1 aromatic heterocycles. The number of hydrogen-bond acceptors (Lipinski definition) is 8. The lowest BCUT2D eigenvalue weighted by Crippen LogP contribution is -2.49. The third-order valence-corrected chi connectivity index (χ3v) is 5.86. The molecule has 0 saturated heterocycles. The van der Waals surface area contributed by atoms with E-state index < -0.39 is 29.7 Å². The quantitative estimate of drug-likeness (QED) is 0.296. The third-order valence-electron chi connectivity index (χ3n) is 5.86. The molecule has 0 radical (unpaired) electrons. The molecule has 3 N–H and O–H groups in total. The molecule has 2 unspecified atom stereocenters. The summed E-state index contributed by atoms with van der Waals surface area (Å²) >= 11 is 0. The molecule has 2 atom stereocenters. The molecule has 10 heteroatoms. The zero-order valence-corrected chi connectivity index (χ0v) is 21.9. The first-order chi connectivity index (χ1) is 18.1. The maximum absolute atomic E-state index is 12.1. The summed E-state index contributed by atoms with van der Waals surface area (Å²) in [7, 11) is 0. The molecule has 0 saturated carbocycles. The van der Waals surface area contributed by atoms with Crippen molar-refractivity contribution in [1.29, 1.82) is 0 Å². The third kappa shape index (κ3) is 6.98. The molecule has 0 bridgehead atoms. The van der Waals surface area contributed by atoms with Crippen LogP contribution in [-0.2, 0) is 21.0 Å². The molecule has 0 spiro atoms. The van der Waals surface area contributed by atoms with Crippen LogP contribution in [-0.4, -0.2) is 45.7 Å². The van der Waals surface area contributed by atoms with Crippen LogP contribution in [0.3, 0.4) is 0 Å². The Morgan fingerprint density at radius 1 is 1.16 bits per heavy atom. The van der Waals surface area contributed by atoms with E-state index in [1.165, 1.54) is 0 Å². The predicted octanol–water partition coefficient (Wildman–Crippen LogP) is 4.40. The number of nitrogens with one attached hydrogen (secondary N) is 2. The van der Waals surface area contributed by atoms with E-state index in [9.17, 15) is 9.59 Å². The van der Waals surface area contributed by atoms with Crippen LogP contribution in [0.15, 0.2) is 59.8 Å². The number of carbonyl (C=O) groups excluding carboxylic acids is 2. The number of pyridine rings is 1. The molecule has 200 valence electrons. The van der Waals surface area contributed by atoms with Crippen molar-refractivity contribution >= 4 is 28.6 Å². The standard InChI is InChI=1S/C28H32N4O6/c1-17-13-19(22-7-5-6-8-23(22)29-17)16-36-20-11-9-18(10-12-20)24-14-21(38-32-24)15-25(26(33)31-35)30-27(34)37-28(2,3)4/h5-13,21,25,35H,14-16H2,1-4H3,(H,30,34)(H,31,33). The number of aromatic nitrogens is 1. The summed E-state index contributed by atoms with van der Waals surface area (Å²) in [6.45, 7) is 7.52. The summed E-state index contributed by atoms with van der Waals surface area (Å²) in [5.74, 6) is -0.0591. The van der Waals surface area contributed by atoms with E-state index in [2.05, 4.69) is 15.5 Å². The fraction of sp³-hybridized carbons (Fsp3) is 0.357. The van der Waals surface area contributed by atoms with Gasteiger partial charge in [-0.1, -0.05) is 23.4 Å². The second-order valence-corrected chi connectivity index (χ2v) is 10.1. The largest absolute Gasteiger partial charge is 0.489 e. The molecule has 4 rings (SSSR count). The first-order valence-electron chi connectivity index (χ1n) is 12.4. The number of ether oxygens (including phenoxy) is 2. The number of para-hydroxylation sites is 1. The van der Waals surface area contributed by atoms with E-state index in [4.69, 9.17) is 19.5 Å². The van der Waals surface area contributed by atoms with Crippen molar-refractivity contribution in [3.8, 4) is 5.75 Å². The van der Waals surface area contributed by atoms with Gasteiger partial charge in [-0.2, -0.15) is 0 Å². The van der Waals surface area contributed by atoms with Gasteiger partial charge in [0.2, 0.25) is 0 Å². The summed E-state index contributed by atoms with van der Waals surface area (Å²) in [4.78, 5) is 34.3. The van der Waals surface area contributed by atoms with Gasteiger partial charge in [0.15, 0.2) is 0 Å². The van der Waals surface area contributed by atoms with Crippen molar-refractivity contribution in [2.75, 3.05) is 0 Å². The minimum atomic E-state index is -1.06. The van der Waals surface area contributed by atoms with Crippen molar-refractivity contribution in [3.05, 3.63) is 71.4 Å². The van der Waals surface area contributed by atoms with E-state index in [0.717, 1.165) is 27.7 Å². The van der Waals surface area contributed by atoms with Crippen molar-refractivity contribution in [1.82, 2.24) is 15.8 Å². The molecule has 2 aromatic carbocycles. The molecule has 1 aliphatic rings. The van der Waals surface area contributed by atoms with Gasteiger partial charge in [-0.3, -0.25) is 15.0 Å². The Kier molecular flexibility index (Phi) is 8.11. The van der Waals surface area contributed by atoms with Crippen LogP contribution in [0.25, 0.3) is 10.9 Å². The number of fused-ring (bicyclic) bond motifs is 1. The number of aryl methyl sites for hydroxylation is 1. The van der Waals surface area contributed by atoms with Crippen molar-refractivity contribution in [2.45, 2.75) is 64.9 Å². The first-order valence-corrected chi connectivity index (χ1v) is 12.4. The number of amides is 2. The molecule has 38 heavy (non-hydrogen) atoms. The van der Waals surface area contributed by atoms with E-state index in [1.807, 2.05) is 61.5 Å². The van der Waals surface area contributed by atoms with Crippen LogP contribution < -0.4 is 15.5 Å². The number of nitrogens with zero attached hydrogens (tertiary/aromatic N) is 2. The number of rotatable bonds is 8. The second kappa shape index (κ2) is 11.5. The summed E-state index contributed by atoms with van der Waals surface area (Å²) in [5, 5.41) is 16.8. The van der Waals surface area contributed by atoms with Gasteiger partial charge >= 0.3 is 6.09 Å². The van der Waals surface area contributed by atoms with Gasteiger partial charge in [0.25, 0.3) is 5.91 Å². The van der Waals surface area contributed by atoms with Crippen molar-refractivity contribution in [3.63, 3.8) is 0 Å². The number of carbonyl (C=O) groups is 2. The fourth-order valence-corrected chi connectivity index (χ4v) is 4.17. The lowest BCUT2D eigenvalue weighted by Gasteiger charge is -2.23. The second-order valence-electron chi connectivity index (χ2n) is 10.1. The van der Waals surface area contributed by atoms with Crippen LogP contribution in [0, 0.1) is 6.92 Å². The molecule has 0 aliphatic carbocycles. The number of alkyl carbamates (subject to hydrolysis) is 1. The minimum Gasteiger partial charge on any atom is -0.489 e. The van der Waals surface area contributed by atoms with Gasteiger partial charge in [0, 0.05) is 29.5 Å². The molecule has 2 amide bonds. The highest BCUT2D eigenvalue weighted by Gasteiger charge is 2.31. The van der Waals surface area contributed by atoms with Gasteiger partial charge in [0.1, 0.15) is 30.1 Å². The zero-order valence-electron chi connectivity index (χ0n) is 21.9. The molecule has 1 aliphatic heterocycles. The molecule has 2 heterocycles. The zero-order chi connectivity index (χ0) is 27.3. The lowest BCUT2D eigenvalue weighted by molar-refractivity contribution is -0.132. The van der Waals surface area contributed by atoms with Gasteiger partial charge < -0.3 is 19.6 Å². The number of benzene rings is 2. The fourth-order valence-electron chi connectivity index (χ4n) is 4.17. The van der Waals surface area contributed by atoms with Crippen molar-refractivity contribution in [2.24, 2.45) is 5.16 Å². The Morgan fingerprint density at radius 3 is 2.61 bits per heavy atom. The minimum absolute atomic E-state index is 0.0964. The van der Waals surface area contributed by atoms with Gasteiger partial charge in [0.05, 0.1) is 11.2 Å². The van der Waals surface area contributed by atoms with E-state index in [1.54, 1.807) is 26.3 Å². The highest BCUT2D eigenvalue weighted by molar-refractivity contribution is 6.01. The monoisotopic (exact) mass is 520 g/mol. The molecule has 3 aromatic rings. The predicted molar refractivity (Wildman–Crippen MR) is 141 cm³/mol. The Morgan fingerprint density at radius 2 is 1.89 bits per heavy atom. The average molecular weight is 521 g/mol. The Balaban J connectivity index is 1.34. The topological polar surface area (TPSA) is 131 Å². The summed E-state index contributed by atoms with van der Waals surface area (Å²) < 4.78 is 11.2. The maximum Gasteiger partial charge on any atom is 0.408 e. The summed E-state index contributed by atoms with van der Waals surface area (Å²) in [6.07, 6.45) is -0.718. The first kappa shape index (κ1) is 26.9. The van der Waals surface area contributed by atoms with Gasteiger partial charge in [-0.05, 0) is 69.7 Å². The Labute approximate surface area is 220 Å². The van der Waals surface area contributed by atoms with E-state index >= 15 is 0 Å². The average Bonchev–Trinajstić information content (AvgIpc) is 3.34.